The van der Waals surface area contributed by atoms with E-state index >= 15 is 0 Å². The first kappa shape index (κ1) is 34.5. The van der Waals surface area contributed by atoms with Gasteiger partial charge in [0.05, 0.1) is 6.04 Å². The summed E-state index contributed by atoms with van der Waals surface area (Å²) in [6, 6.07) is 14.9. The highest BCUT2D eigenvalue weighted by atomic mass is 16.6. The third-order valence-corrected chi connectivity index (χ3v) is 7.07. The molecule has 5 N–H and O–H groups in total. The number of benzene rings is 2. The van der Waals surface area contributed by atoms with Crippen LogP contribution in [0.4, 0.5) is 9.59 Å². The van der Waals surface area contributed by atoms with Crippen molar-refractivity contribution in [1.82, 2.24) is 27.0 Å². The van der Waals surface area contributed by atoms with E-state index in [4.69, 9.17) is 9.47 Å². The van der Waals surface area contributed by atoms with Gasteiger partial charge in [-0.3, -0.25) is 30.0 Å². The van der Waals surface area contributed by atoms with Crippen LogP contribution in [0.3, 0.4) is 0 Å². The van der Waals surface area contributed by atoms with E-state index in [1.54, 1.807) is 27.7 Å². The molecule has 45 heavy (non-hydrogen) atoms. The second-order valence-electron chi connectivity index (χ2n) is 11.8. The van der Waals surface area contributed by atoms with E-state index in [1.807, 2.05) is 48.5 Å². The number of carbonyl (C=O) groups is 6. The van der Waals surface area contributed by atoms with Gasteiger partial charge in [-0.2, -0.15) is 0 Å². The van der Waals surface area contributed by atoms with Gasteiger partial charge in [-0.15, -0.1) is 0 Å². The van der Waals surface area contributed by atoms with Gasteiger partial charge in [0.25, 0.3) is 0 Å². The van der Waals surface area contributed by atoms with Gasteiger partial charge in [-0.1, -0.05) is 55.5 Å². The molecule has 13 nitrogen and oxygen atoms in total. The van der Waals surface area contributed by atoms with Crippen molar-refractivity contribution in [1.29, 1.82) is 0 Å². The molecular formula is C32H41N5O8. The third kappa shape index (κ3) is 10.6. The van der Waals surface area contributed by atoms with Crippen LogP contribution in [0.25, 0.3) is 11.1 Å². The Morgan fingerprint density at radius 1 is 0.756 bits per heavy atom. The van der Waals surface area contributed by atoms with Crippen LogP contribution in [0.5, 0.6) is 0 Å². The first-order valence-electron chi connectivity index (χ1n) is 14.7. The van der Waals surface area contributed by atoms with E-state index in [-0.39, 0.29) is 44.0 Å². The lowest BCUT2D eigenvalue weighted by Crippen LogP contribution is -2.45. The molecule has 0 saturated heterocycles. The van der Waals surface area contributed by atoms with Crippen molar-refractivity contribution < 1.29 is 38.2 Å². The minimum atomic E-state index is -0.942. The van der Waals surface area contributed by atoms with Gasteiger partial charge in [0, 0.05) is 24.7 Å². The number of carbonyl (C=O) groups excluding carboxylic acids is 6. The molecule has 0 heterocycles. The number of ether oxygens (including phenoxy) is 2. The topological polar surface area (TPSA) is 181 Å². The van der Waals surface area contributed by atoms with E-state index in [0.29, 0.717) is 0 Å². The zero-order valence-corrected chi connectivity index (χ0v) is 26.2. The Bertz CT molecular complexity index is 1370. The molecule has 0 spiro atoms. The third-order valence-electron chi connectivity index (χ3n) is 7.07. The second-order valence-corrected chi connectivity index (χ2v) is 11.8. The standard InChI is InChI=1S/C32H41N5O8/c1-19(14-16-27(39)35-37-31(43)45-32(3,4)5)29(41)33-26(20(2)38)15-17-28(40)34-36-30(42)44-18-25-23-12-8-6-10-21(23)22-11-7-9-13-24(22)25/h6-13,19,25-26H,14-18H2,1-5H3,(H,33,41)(H,34,40)(H,35,39)(H,36,42)(H,37,43). The Labute approximate surface area is 262 Å². The molecule has 0 saturated carbocycles. The van der Waals surface area contributed by atoms with E-state index in [1.165, 1.54) is 6.92 Å². The fourth-order valence-corrected chi connectivity index (χ4v) is 4.75. The summed E-state index contributed by atoms with van der Waals surface area (Å²) < 4.78 is 10.4. The summed E-state index contributed by atoms with van der Waals surface area (Å²) in [5.74, 6) is -2.70. The summed E-state index contributed by atoms with van der Waals surface area (Å²) >= 11 is 0. The van der Waals surface area contributed by atoms with Crippen LogP contribution in [-0.4, -0.2) is 53.9 Å². The number of nitrogens with one attached hydrogen (secondary N) is 5. The van der Waals surface area contributed by atoms with Crippen molar-refractivity contribution in [3.63, 3.8) is 0 Å². The molecule has 0 aliphatic heterocycles. The minimum absolute atomic E-state index is 0.00765. The highest BCUT2D eigenvalue weighted by Gasteiger charge is 2.29. The normalized spacial score (nSPS) is 13.3. The molecule has 0 aromatic heterocycles. The molecule has 2 unspecified atom stereocenters. The number of rotatable bonds is 11. The zero-order valence-electron chi connectivity index (χ0n) is 26.2. The van der Waals surface area contributed by atoms with Crippen LogP contribution in [0.15, 0.2) is 48.5 Å². The number of hydrazine groups is 2. The molecule has 3 rings (SSSR count). The summed E-state index contributed by atoms with van der Waals surface area (Å²) in [7, 11) is 0. The Balaban J connectivity index is 1.37. The molecule has 0 fully saturated rings. The largest absolute Gasteiger partial charge is 0.447 e. The number of Topliss-reactive ketones (excluding diaryl/α,β-unsaturated/α-hetero) is 1. The molecular weight excluding hydrogens is 582 g/mol. The van der Waals surface area contributed by atoms with Gasteiger partial charge in [-0.25, -0.2) is 20.4 Å². The molecule has 242 valence electrons. The van der Waals surface area contributed by atoms with Crippen molar-refractivity contribution >= 4 is 35.7 Å². The van der Waals surface area contributed by atoms with E-state index in [9.17, 15) is 28.8 Å². The highest BCUT2D eigenvalue weighted by molar-refractivity contribution is 5.89. The molecule has 1 aliphatic rings. The summed E-state index contributed by atoms with van der Waals surface area (Å²) in [4.78, 5) is 73.1. The number of hydrogen-bond donors (Lipinski definition) is 5. The maximum absolute atomic E-state index is 12.6. The maximum Gasteiger partial charge on any atom is 0.426 e. The van der Waals surface area contributed by atoms with Crippen LogP contribution < -0.4 is 27.0 Å². The smallest absolute Gasteiger partial charge is 0.426 e. The van der Waals surface area contributed by atoms with Gasteiger partial charge >= 0.3 is 12.2 Å². The number of hydrogen-bond acceptors (Lipinski definition) is 8. The fraction of sp³-hybridized carbons (Fsp3) is 0.438. The Morgan fingerprint density at radius 3 is 1.80 bits per heavy atom. The van der Waals surface area contributed by atoms with Crippen molar-refractivity contribution in [3.05, 3.63) is 59.7 Å². The lowest BCUT2D eigenvalue weighted by molar-refractivity contribution is -0.130. The zero-order chi connectivity index (χ0) is 33.1. The average Bonchev–Trinajstić information content (AvgIpc) is 3.31. The summed E-state index contributed by atoms with van der Waals surface area (Å²) in [6.07, 6.45) is -1.75. The van der Waals surface area contributed by atoms with Gasteiger partial charge in [-0.05, 0) is 62.8 Å². The first-order valence-corrected chi connectivity index (χ1v) is 14.7. The first-order chi connectivity index (χ1) is 21.2. The number of fused-ring (bicyclic) bond motifs is 3. The monoisotopic (exact) mass is 623 g/mol. The van der Waals surface area contributed by atoms with Crippen LogP contribution in [0.1, 0.15) is 77.3 Å². The quantitative estimate of drug-likeness (QED) is 0.236. The summed E-state index contributed by atoms with van der Waals surface area (Å²) in [6.45, 7) is 8.00. The van der Waals surface area contributed by atoms with Crippen molar-refractivity contribution in [2.75, 3.05) is 6.61 Å². The van der Waals surface area contributed by atoms with Gasteiger partial charge < -0.3 is 14.8 Å². The van der Waals surface area contributed by atoms with Crippen LogP contribution in [-0.2, 0) is 28.7 Å². The summed E-state index contributed by atoms with van der Waals surface area (Å²) in [5, 5.41) is 2.60. The molecule has 13 heteroatoms. The van der Waals surface area contributed by atoms with Gasteiger partial charge in [0.2, 0.25) is 17.7 Å². The van der Waals surface area contributed by atoms with E-state index < -0.39 is 47.5 Å². The van der Waals surface area contributed by atoms with Gasteiger partial charge in [0.1, 0.15) is 12.2 Å². The molecule has 1 aliphatic carbocycles. The van der Waals surface area contributed by atoms with Crippen molar-refractivity contribution in [2.45, 2.75) is 77.9 Å². The average molecular weight is 624 g/mol. The van der Waals surface area contributed by atoms with Crippen LogP contribution >= 0.6 is 0 Å². The van der Waals surface area contributed by atoms with Crippen LogP contribution in [0.2, 0.25) is 0 Å². The summed E-state index contributed by atoms with van der Waals surface area (Å²) in [5.41, 5.74) is 12.4. The van der Waals surface area contributed by atoms with Crippen LogP contribution in [0, 0.1) is 5.92 Å². The number of ketones is 1. The molecule has 2 aromatic rings. The van der Waals surface area contributed by atoms with Gasteiger partial charge in [0.15, 0.2) is 5.78 Å². The Kier molecular flexibility index (Phi) is 12.0. The molecule has 0 bridgehead atoms. The minimum Gasteiger partial charge on any atom is -0.447 e. The Hall–Kier alpha value is -4.94. The maximum atomic E-state index is 12.6. The van der Waals surface area contributed by atoms with E-state index in [2.05, 4.69) is 27.0 Å². The fourth-order valence-electron chi connectivity index (χ4n) is 4.75. The number of amides is 5. The van der Waals surface area contributed by atoms with E-state index in [0.717, 1.165) is 22.3 Å². The molecule has 5 amide bonds. The predicted octanol–water partition coefficient (Wildman–Crippen LogP) is 3.38. The predicted molar refractivity (Wildman–Crippen MR) is 164 cm³/mol. The molecule has 2 atom stereocenters. The Morgan fingerprint density at radius 2 is 1.27 bits per heavy atom. The lowest BCUT2D eigenvalue weighted by Gasteiger charge is -2.20. The highest BCUT2D eigenvalue weighted by Crippen LogP contribution is 2.44. The lowest BCUT2D eigenvalue weighted by atomic mass is 9.98. The van der Waals surface area contributed by atoms with Crippen molar-refractivity contribution in [3.8, 4) is 11.1 Å². The molecule has 2 aromatic carbocycles. The molecule has 0 radical (unpaired) electrons. The van der Waals surface area contributed by atoms with Crippen molar-refractivity contribution in [2.24, 2.45) is 5.92 Å². The SMILES string of the molecule is CC(=O)C(CCC(=O)NNC(=O)OCC1c2ccccc2-c2ccccc21)NC(=O)C(C)CCC(=O)NNC(=O)OC(C)(C)C. The second kappa shape index (κ2) is 15.7.